The average Bonchev–Trinajstić information content (AvgIpc) is 2.61. The zero-order valence-corrected chi connectivity index (χ0v) is 15.7. The van der Waals surface area contributed by atoms with Gasteiger partial charge in [-0.05, 0) is 56.0 Å². The van der Waals surface area contributed by atoms with E-state index in [1.807, 2.05) is 6.07 Å². The van der Waals surface area contributed by atoms with Gasteiger partial charge in [0.05, 0.1) is 11.6 Å². The van der Waals surface area contributed by atoms with E-state index in [-0.39, 0.29) is 17.9 Å². The average molecular weight is 391 g/mol. The van der Waals surface area contributed by atoms with Crippen LogP contribution in [0, 0.1) is 25.2 Å². The van der Waals surface area contributed by atoms with E-state index in [1.165, 1.54) is 12.1 Å². The highest BCUT2D eigenvalue weighted by atomic mass is 19.4. The van der Waals surface area contributed by atoms with Crippen molar-refractivity contribution in [2.45, 2.75) is 45.8 Å². The van der Waals surface area contributed by atoms with E-state index in [9.17, 15) is 22.8 Å². The number of benzene rings is 1. The lowest BCUT2D eigenvalue weighted by Crippen LogP contribution is -2.27. The fourth-order valence-electron chi connectivity index (χ4n) is 3.04. The molecule has 1 aromatic heterocycles. The van der Waals surface area contributed by atoms with Crippen molar-refractivity contribution >= 4 is 5.91 Å². The molecule has 0 saturated heterocycles. The van der Waals surface area contributed by atoms with Crippen LogP contribution in [-0.2, 0) is 17.4 Å². The first-order valence-corrected chi connectivity index (χ1v) is 8.63. The Morgan fingerprint density at radius 1 is 1.32 bits per heavy atom. The Bertz CT molecular complexity index is 988. The number of aromatic amines is 1. The summed E-state index contributed by atoms with van der Waals surface area (Å²) in [6, 6.07) is 6.08. The first-order valence-electron chi connectivity index (χ1n) is 8.63. The number of nitrogens with zero attached hydrogens (tertiary/aromatic N) is 1. The molecule has 1 unspecified atom stereocenters. The molecule has 0 fully saturated rings. The van der Waals surface area contributed by atoms with Gasteiger partial charge in [0.15, 0.2) is 0 Å². The number of hydrogen-bond donors (Lipinski definition) is 2. The number of aryl methyl sites for hydroxylation is 1. The molecule has 0 aliphatic rings. The summed E-state index contributed by atoms with van der Waals surface area (Å²) in [6.45, 7) is 4.95. The lowest BCUT2D eigenvalue weighted by molar-refractivity contribution is -0.137. The molecule has 5 nitrogen and oxygen atoms in total. The predicted octanol–water partition coefficient (Wildman–Crippen LogP) is 3.69. The van der Waals surface area contributed by atoms with Crippen molar-refractivity contribution in [1.82, 2.24) is 10.3 Å². The standard InChI is InChI=1S/C20H20F3N3O2/c1-11-16(13(3)26-19(28)17(11)10-24)7-8-18(27)25-12(2)14-5-4-6-15(9-14)20(21,22)23/h4-6,9,12H,7-8H2,1-3H3,(H,25,27)(H,26,28). The van der Waals surface area contributed by atoms with Gasteiger partial charge in [-0.2, -0.15) is 18.4 Å². The van der Waals surface area contributed by atoms with E-state index < -0.39 is 23.3 Å². The number of carbonyl (C=O) groups excluding carboxylic acids is 1. The normalized spacial score (nSPS) is 12.3. The van der Waals surface area contributed by atoms with E-state index in [4.69, 9.17) is 5.26 Å². The van der Waals surface area contributed by atoms with Crippen LogP contribution in [0.25, 0.3) is 0 Å². The summed E-state index contributed by atoms with van der Waals surface area (Å²) in [5.74, 6) is -0.339. The molecule has 1 atom stereocenters. The third-order valence-corrected chi connectivity index (χ3v) is 4.61. The second-order valence-corrected chi connectivity index (χ2v) is 6.58. The molecule has 2 rings (SSSR count). The molecule has 1 heterocycles. The van der Waals surface area contributed by atoms with Crippen LogP contribution in [0.4, 0.5) is 13.2 Å². The second kappa shape index (κ2) is 8.30. The first-order chi connectivity index (χ1) is 13.0. The zero-order chi connectivity index (χ0) is 21.1. The molecule has 2 N–H and O–H groups in total. The van der Waals surface area contributed by atoms with Crippen molar-refractivity contribution in [1.29, 1.82) is 5.26 Å². The Balaban J connectivity index is 2.08. The number of carbonyl (C=O) groups is 1. The monoisotopic (exact) mass is 391 g/mol. The number of H-pyrrole nitrogens is 1. The molecule has 148 valence electrons. The molecule has 8 heteroatoms. The topological polar surface area (TPSA) is 85.8 Å². The van der Waals surface area contributed by atoms with Crippen molar-refractivity contribution < 1.29 is 18.0 Å². The van der Waals surface area contributed by atoms with Crippen molar-refractivity contribution in [3.05, 3.63) is 68.1 Å². The number of rotatable bonds is 5. The molecule has 1 amide bonds. The van der Waals surface area contributed by atoms with E-state index in [0.717, 1.165) is 12.1 Å². The zero-order valence-electron chi connectivity index (χ0n) is 15.7. The summed E-state index contributed by atoms with van der Waals surface area (Å²) in [7, 11) is 0. The number of amides is 1. The summed E-state index contributed by atoms with van der Waals surface area (Å²) in [4.78, 5) is 26.6. The van der Waals surface area contributed by atoms with Crippen LogP contribution in [0.15, 0.2) is 29.1 Å². The molecular formula is C20H20F3N3O2. The minimum atomic E-state index is -4.45. The number of alkyl halides is 3. The van der Waals surface area contributed by atoms with Crippen LogP contribution >= 0.6 is 0 Å². The van der Waals surface area contributed by atoms with Gasteiger partial charge in [0, 0.05) is 12.1 Å². The van der Waals surface area contributed by atoms with Crippen LogP contribution in [-0.4, -0.2) is 10.9 Å². The van der Waals surface area contributed by atoms with Gasteiger partial charge in [-0.25, -0.2) is 0 Å². The molecule has 0 spiro atoms. The number of hydrogen-bond acceptors (Lipinski definition) is 3. The van der Waals surface area contributed by atoms with Crippen molar-refractivity contribution in [3.63, 3.8) is 0 Å². The fourth-order valence-corrected chi connectivity index (χ4v) is 3.04. The van der Waals surface area contributed by atoms with Gasteiger partial charge >= 0.3 is 6.18 Å². The number of nitriles is 1. The number of nitrogens with one attached hydrogen (secondary N) is 2. The third kappa shape index (κ3) is 4.80. The summed E-state index contributed by atoms with van der Waals surface area (Å²) >= 11 is 0. The maximum Gasteiger partial charge on any atom is 0.416 e. The van der Waals surface area contributed by atoms with Gasteiger partial charge in [-0.1, -0.05) is 12.1 Å². The van der Waals surface area contributed by atoms with E-state index >= 15 is 0 Å². The molecule has 2 aromatic rings. The van der Waals surface area contributed by atoms with E-state index in [1.54, 1.807) is 20.8 Å². The first kappa shape index (κ1) is 21.2. The highest BCUT2D eigenvalue weighted by Gasteiger charge is 2.30. The fraction of sp³-hybridized carbons (Fsp3) is 0.350. The number of aromatic nitrogens is 1. The Kier molecular flexibility index (Phi) is 6.29. The van der Waals surface area contributed by atoms with Crippen LogP contribution in [0.5, 0.6) is 0 Å². The van der Waals surface area contributed by atoms with Crippen molar-refractivity contribution in [2.24, 2.45) is 0 Å². The quantitative estimate of drug-likeness (QED) is 0.815. The highest BCUT2D eigenvalue weighted by Crippen LogP contribution is 2.30. The lowest BCUT2D eigenvalue weighted by atomic mass is 9.98. The summed E-state index contributed by atoms with van der Waals surface area (Å²) in [6.07, 6.45) is -4.08. The maximum atomic E-state index is 12.8. The molecule has 0 aliphatic carbocycles. The van der Waals surface area contributed by atoms with Gasteiger partial charge < -0.3 is 10.3 Å². The largest absolute Gasteiger partial charge is 0.416 e. The van der Waals surface area contributed by atoms with Crippen LogP contribution in [0.2, 0.25) is 0 Å². The van der Waals surface area contributed by atoms with Crippen LogP contribution < -0.4 is 10.9 Å². The minimum absolute atomic E-state index is 0.0124. The Morgan fingerprint density at radius 3 is 2.61 bits per heavy atom. The smallest absolute Gasteiger partial charge is 0.350 e. The number of pyridine rings is 1. The van der Waals surface area contributed by atoms with Gasteiger partial charge in [0.25, 0.3) is 5.56 Å². The Labute approximate surface area is 160 Å². The second-order valence-electron chi connectivity index (χ2n) is 6.58. The van der Waals surface area contributed by atoms with E-state index in [2.05, 4.69) is 10.3 Å². The molecule has 1 aromatic carbocycles. The maximum absolute atomic E-state index is 12.8. The lowest BCUT2D eigenvalue weighted by Gasteiger charge is -2.17. The number of halogens is 3. The van der Waals surface area contributed by atoms with Crippen LogP contribution in [0.3, 0.4) is 0 Å². The summed E-state index contributed by atoms with van der Waals surface area (Å²) < 4.78 is 38.5. The summed E-state index contributed by atoms with van der Waals surface area (Å²) in [5, 5.41) is 11.8. The van der Waals surface area contributed by atoms with Crippen molar-refractivity contribution in [3.8, 4) is 6.07 Å². The molecule has 28 heavy (non-hydrogen) atoms. The molecular weight excluding hydrogens is 371 g/mol. The summed E-state index contributed by atoms with van der Waals surface area (Å²) in [5.41, 5.74) is 0.948. The Hall–Kier alpha value is -3.08. The van der Waals surface area contributed by atoms with Crippen LogP contribution in [0.1, 0.15) is 52.9 Å². The van der Waals surface area contributed by atoms with Gasteiger partial charge in [0.1, 0.15) is 11.6 Å². The molecule has 0 aliphatic heterocycles. The van der Waals surface area contributed by atoms with E-state index in [0.29, 0.717) is 28.8 Å². The third-order valence-electron chi connectivity index (χ3n) is 4.61. The SMILES string of the molecule is Cc1[nH]c(=O)c(C#N)c(C)c1CCC(=O)NC(C)c1cccc(C(F)(F)F)c1. The molecule has 0 bridgehead atoms. The Morgan fingerprint density at radius 2 is 2.00 bits per heavy atom. The van der Waals surface area contributed by atoms with Gasteiger partial charge in [-0.15, -0.1) is 0 Å². The molecule has 0 radical (unpaired) electrons. The minimum Gasteiger partial charge on any atom is -0.350 e. The van der Waals surface area contributed by atoms with Gasteiger partial charge in [-0.3, -0.25) is 9.59 Å². The highest BCUT2D eigenvalue weighted by molar-refractivity contribution is 5.76. The van der Waals surface area contributed by atoms with Gasteiger partial charge in [0.2, 0.25) is 5.91 Å². The predicted molar refractivity (Wildman–Crippen MR) is 97.6 cm³/mol. The molecule has 0 saturated carbocycles. The van der Waals surface area contributed by atoms with Crippen molar-refractivity contribution in [2.75, 3.05) is 0 Å².